The molecule has 0 unspecified atom stereocenters. The van der Waals surface area contributed by atoms with Gasteiger partial charge in [0.2, 0.25) is 11.8 Å². The number of imide groups is 1. The van der Waals surface area contributed by atoms with E-state index in [1.807, 2.05) is 6.07 Å². The summed E-state index contributed by atoms with van der Waals surface area (Å²) in [5.74, 6) is 5.18. The average molecular weight is 205 g/mol. The van der Waals surface area contributed by atoms with Crippen LogP contribution in [0.4, 0.5) is 5.69 Å². The molecule has 0 spiro atoms. The van der Waals surface area contributed by atoms with Crippen molar-refractivity contribution in [3.8, 4) is 0 Å². The van der Waals surface area contributed by atoms with Gasteiger partial charge < -0.3 is 0 Å². The van der Waals surface area contributed by atoms with Crippen molar-refractivity contribution in [3.05, 3.63) is 30.3 Å². The van der Waals surface area contributed by atoms with Gasteiger partial charge in [0.05, 0.1) is 5.69 Å². The predicted molar refractivity (Wildman–Crippen MR) is 54.2 cm³/mol. The number of hydrogen-bond acceptors (Lipinski definition) is 4. The number of anilines is 1. The highest BCUT2D eigenvalue weighted by Gasteiger charge is 2.33. The maximum absolute atomic E-state index is 11.4. The standard InChI is InChI=1S/C10H11N3O2/c11-13(8-4-2-1-3-5-8)12-9(14)6-7-10(12)15/h1-5H,6-7,11H2. The van der Waals surface area contributed by atoms with Gasteiger partial charge in [-0.15, -0.1) is 0 Å². The molecule has 0 atom stereocenters. The lowest BCUT2D eigenvalue weighted by Crippen LogP contribution is -2.50. The van der Waals surface area contributed by atoms with Crippen LogP contribution in [-0.2, 0) is 9.59 Å². The maximum Gasteiger partial charge on any atom is 0.250 e. The lowest BCUT2D eigenvalue weighted by Gasteiger charge is -2.26. The highest BCUT2D eigenvalue weighted by atomic mass is 16.2. The number of carbonyl (C=O) groups excluding carboxylic acids is 2. The van der Waals surface area contributed by atoms with Gasteiger partial charge in [-0.25, -0.2) is 11.0 Å². The zero-order valence-corrected chi connectivity index (χ0v) is 8.09. The largest absolute Gasteiger partial charge is 0.272 e. The molecule has 1 fully saturated rings. The molecule has 0 aliphatic carbocycles. The van der Waals surface area contributed by atoms with E-state index in [-0.39, 0.29) is 24.7 Å². The minimum atomic E-state index is -0.258. The number of hydrogen-bond donors (Lipinski definition) is 1. The van der Waals surface area contributed by atoms with E-state index in [0.717, 1.165) is 10.1 Å². The van der Waals surface area contributed by atoms with E-state index >= 15 is 0 Å². The number of hydrazine groups is 2. The molecule has 0 radical (unpaired) electrons. The molecule has 1 aliphatic rings. The van der Waals surface area contributed by atoms with E-state index < -0.39 is 0 Å². The first-order valence-electron chi connectivity index (χ1n) is 4.66. The lowest BCUT2D eigenvalue weighted by atomic mass is 10.3. The monoisotopic (exact) mass is 205 g/mol. The second-order valence-corrected chi connectivity index (χ2v) is 3.28. The van der Waals surface area contributed by atoms with E-state index in [2.05, 4.69) is 0 Å². The molecule has 0 saturated carbocycles. The Balaban J connectivity index is 2.24. The van der Waals surface area contributed by atoms with Crippen LogP contribution in [0.5, 0.6) is 0 Å². The van der Waals surface area contributed by atoms with E-state index in [9.17, 15) is 9.59 Å². The van der Waals surface area contributed by atoms with Gasteiger partial charge in [-0.1, -0.05) is 18.2 Å². The molecule has 1 saturated heterocycles. The van der Waals surface area contributed by atoms with Crippen molar-refractivity contribution >= 4 is 17.5 Å². The van der Waals surface area contributed by atoms with E-state index in [4.69, 9.17) is 5.84 Å². The number of nitrogens with zero attached hydrogens (tertiary/aromatic N) is 2. The first-order valence-corrected chi connectivity index (χ1v) is 4.66. The van der Waals surface area contributed by atoms with E-state index in [1.165, 1.54) is 0 Å². The fourth-order valence-corrected chi connectivity index (χ4v) is 1.50. The Morgan fingerprint density at radius 2 is 1.60 bits per heavy atom. The molecule has 2 amide bonds. The Morgan fingerprint density at radius 3 is 2.13 bits per heavy atom. The van der Waals surface area contributed by atoms with Crippen LogP contribution in [0.2, 0.25) is 0 Å². The van der Waals surface area contributed by atoms with Gasteiger partial charge in [-0.2, -0.15) is 5.01 Å². The first kappa shape index (κ1) is 9.67. The van der Waals surface area contributed by atoms with Crippen molar-refractivity contribution in [2.24, 2.45) is 5.84 Å². The van der Waals surface area contributed by atoms with Crippen molar-refractivity contribution < 1.29 is 9.59 Å². The van der Waals surface area contributed by atoms with Crippen LogP contribution in [0.1, 0.15) is 12.8 Å². The second kappa shape index (κ2) is 3.70. The quantitative estimate of drug-likeness (QED) is 0.432. The topological polar surface area (TPSA) is 66.6 Å². The summed E-state index contributed by atoms with van der Waals surface area (Å²) in [5.41, 5.74) is 0.612. The van der Waals surface area contributed by atoms with Crippen LogP contribution in [0, 0.1) is 0 Å². The third-order valence-corrected chi connectivity index (χ3v) is 2.26. The minimum absolute atomic E-state index is 0.235. The van der Waals surface area contributed by atoms with Crippen LogP contribution in [0.15, 0.2) is 30.3 Å². The smallest absolute Gasteiger partial charge is 0.250 e. The van der Waals surface area contributed by atoms with Crippen molar-refractivity contribution in [2.45, 2.75) is 12.8 Å². The number of nitrogens with two attached hydrogens (primary N) is 1. The molecular weight excluding hydrogens is 194 g/mol. The van der Waals surface area contributed by atoms with Crippen LogP contribution in [-0.4, -0.2) is 16.8 Å². The molecule has 2 N–H and O–H groups in total. The first-order chi connectivity index (χ1) is 7.20. The summed E-state index contributed by atoms with van der Waals surface area (Å²) in [6.07, 6.45) is 0.471. The summed E-state index contributed by atoms with van der Waals surface area (Å²) in [6.45, 7) is 0. The lowest BCUT2D eigenvalue weighted by molar-refractivity contribution is -0.139. The maximum atomic E-state index is 11.4. The zero-order chi connectivity index (χ0) is 10.8. The molecule has 78 valence electrons. The molecule has 0 aromatic heterocycles. The molecule has 5 nitrogen and oxygen atoms in total. The molecule has 1 aromatic carbocycles. The fourth-order valence-electron chi connectivity index (χ4n) is 1.50. The normalized spacial score (nSPS) is 15.9. The highest BCUT2D eigenvalue weighted by molar-refractivity contribution is 6.03. The molecule has 2 rings (SSSR count). The fraction of sp³-hybridized carbons (Fsp3) is 0.200. The third kappa shape index (κ3) is 1.69. The highest BCUT2D eigenvalue weighted by Crippen LogP contribution is 2.18. The third-order valence-electron chi connectivity index (χ3n) is 2.26. The summed E-state index contributed by atoms with van der Waals surface area (Å²) in [5, 5.41) is 2.08. The summed E-state index contributed by atoms with van der Waals surface area (Å²) in [6, 6.07) is 8.89. The molecule has 5 heteroatoms. The molecule has 0 bridgehead atoms. The van der Waals surface area contributed by atoms with Gasteiger partial charge in [-0.3, -0.25) is 9.59 Å². The van der Waals surface area contributed by atoms with Gasteiger partial charge in [0.15, 0.2) is 0 Å². The Labute approximate surface area is 87.0 Å². The molecule has 1 aromatic rings. The number of carbonyl (C=O) groups is 2. The minimum Gasteiger partial charge on any atom is -0.272 e. The van der Waals surface area contributed by atoms with Gasteiger partial charge in [-0.05, 0) is 12.1 Å². The van der Waals surface area contributed by atoms with Crippen LogP contribution >= 0.6 is 0 Å². The number of amides is 2. The Bertz CT molecular complexity index is 375. The Kier molecular flexibility index (Phi) is 2.39. The van der Waals surface area contributed by atoms with Crippen molar-refractivity contribution in [3.63, 3.8) is 0 Å². The predicted octanol–water partition coefficient (Wildman–Crippen LogP) is 0.431. The number of rotatable bonds is 2. The summed E-state index contributed by atoms with van der Waals surface area (Å²) < 4.78 is 0. The summed E-state index contributed by atoms with van der Waals surface area (Å²) in [4.78, 5) is 22.8. The van der Waals surface area contributed by atoms with Gasteiger partial charge in [0.1, 0.15) is 0 Å². The van der Waals surface area contributed by atoms with Crippen LogP contribution in [0.25, 0.3) is 0 Å². The number of para-hydroxylation sites is 1. The van der Waals surface area contributed by atoms with E-state index in [1.54, 1.807) is 24.3 Å². The van der Waals surface area contributed by atoms with Crippen molar-refractivity contribution in [2.75, 3.05) is 5.12 Å². The average Bonchev–Trinajstić information content (AvgIpc) is 2.59. The molecule has 1 aliphatic heterocycles. The van der Waals surface area contributed by atoms with Gasteiger partial charge in [0.25, 0.3) is 0 Å². The summed E-state index contributed by atoms with van der Waals surface area (Å²) in [7, 11) is 0. The van der Waals surface area contributed by atoms with E-state index in [0.29, 0.717) is 5.69 Å². The van der Waals surface area contributed by atoms with Gasteiger partial charge >= 0.3 is 0 Å². The second-order valence-electron chi connectivity index (χ2n) is 3.28. The molecular formula is C10H11N3O2. The number of benzene rings is 1. The Morgan fingerprint density at radius 1 is 1.07 bits per heavy atom. The van der Waals surface area contributed by atoms with Crippen LogP contribution < -0.4 is 11.0 Å². The van der Waals surface area contributed by atoms with Gasteiger partial charge in [0, 0.05) is 12.8 Å². The van der Waals surface area contributed by atoms with Crippen LogP contribution in [0.3, 0.4) is 0 Å². The van der Waals surface area contributed by atoms with Crippen molar-refractivity contribution in [1.29, 1.82) is 0 Å². The SMILES string of the molecule is NN(c1ccccc1)N1C(=O)CCC1=O. The van der Waals surface area contributed by atoms with Crippen molar-refractivity contribution in [1.82, 2.24) is 5.01 Å². The summed E-state index contributed by atoms with van der Waals surface area (Å²) >= 11 is 0. The molecule has 15 heavy (non-hydrogen) atoms. The Hall–Kier alpha value is -1.88. The zero-order valence-electron chi connectivity index (χ0n) is 8.09. The molecule has 1 heterocycles.